The van der Waals surface area contributed by atoms with Gasteiger partial charge >= 0.3 is 0 Å². The van der Waals surface area contributed by atoms with Crippen LogP contribution >= 0.6 is 27.7 Å². The fourth-order valence-electron chi connectivity index (χ4n) is 2.40. The normalized spacial score (nSPS) is 23.0. The molecule has 1 aliphatic rings. The molecule has 0 aliphatic carbocycles. The van der Waals surface area contributed by atoms with E-state index in [-0.39, 0.29) is 0 Å². The van der Waals surface area contributed by atoms with Gasteiger partial charge < -0.3 is 5.32 Å². The quantitative estimate of drug-likeness (QED) is 0.910. The molecule has 0 amide bonds. The van der Waals surface area contributed by atoms with Crippen LogP contribution in [-0.4, -0.2) is 18.6 Å². The molecular formula is C13H18BrNS. The predicted molar refractivity (Wildman–Crippen MR) is 76.0 cm³/mol. The Labute approximate surface area is 111 Å². The molecule has 1 nitrogen and oxygen atoms in total. The Balaban J connectivity index is 2.14. The maximum Gasteiger partial charge on any atom is 0.0354 e. The molecule has 0 radical (unpaired) electrons. The number of thioether (sulfide) groups is 1. The van der Waals surface area contributed by atoms with Crippen LogP contribution in [0.2, 0.25) is 0 Å². The van der Waals surface area contributed by atoms with Gasteiger partial charge in [0.2, 0.25) is 0 Å². The number of nitrogens with one attached hydrogen (secondary N) is 1. The zero-order chi connectivity index (χ0) is 11.4. The highest BCUT2D eigenvalue weighted by Gasteiger charge is 2.23. The first-order valence-electron chi connectivity index (χ1n) is 5.81. The lowest BCUT2D eigenvalue weighted by Crippen LogP contribution is -2.28. The van der Waals surface area contributed by atoms with E-state index in [1.807, 2.05) is 0 Å². The average molecular weight is 300 g/mol. The first kappa shape index (κ1) is 12.5. The minimum atomic E-state index is 0.505. The lowest BCUT2D eigenvalue weighted by Gasteiger charge is -2.30. The van der Waals surface area contributed by atoms with Crippen LogP contribution in [0.25, 0.3) is 0 Å². The van der Waals surface area contributed by atoms with E-state index in [2.05, 4.69) is 64.3 Å². The molecule has 0 spiro atoms. The third kappa shape index (κ3) is 3.02. The molecule has 1 aromatic carbocycles. The Morgan fingerprint density at radius 1 is 1.50 bits per heavy atom. The van der Waals surface area contributed by atoms with Crippen LogP contribution in [0.5, 0.6) is 0 Å². The molecule has 16 heavy (non-hydrogen) atoms. The van der Waals surface area contributed by atoms with Crippen LogP contribution in [0.3, 0.4) is 0 Å². The minimum Gasteiger partial charge on any atom is -0.313 e. The molecule has 88 valence electrons. The van der Waals surface area contributed by atoms with Crippen molar-refractivity contribution < 1.29 is 0 Å². The SMILES string of the molecule is CNC(c1cccc(Br)c1)C1CCCSC1. The topological polar surface area (TPSA) is 12.0 Å². The summed E-state index contributed by atoms with van der Waals surface area (Å²) in [6, 6.07) is 9.18. The Bertz CT molecular complexity index is 336. The van der Waals surface area contributed by atoms with Crippen molar-refractivity contribution in [3.63, 3.8) is 0 Å². The van der Waals surface area contributed by atoms with E-state index in [4.69, 9.17) is 0 Å². The van der Waals surface area contributed by atoms with Gasteiger partial charge in [0.15, 0.2) is 0 Å². The van der Waals surface area contributed by atoms with Crippen LogP contribution in [0.4, 0.5) is 0 Å². The van der Waals surface area contributed by atoms with Gasteiger partial charge in [0.25, 0.3) is 0 Å². The van der Waals surface area contributed by atoms with Crippen molar-refractivity contribution in [1.29, 1.82) is 0 Å². The molecule has 2 rings (SSSR count). The second-order valence-corrected chi connectivity index (χ2v) is 6.36. The highest BCUT2D eigenvalue weighted by Crippen LogP contribution is 2.33. The number of halogens is 1. The monoisotopic (exact) mass is 299 g/mol. The number of hydrogen-bond acceptors (Lipinski definition) is 2. The van der Waals surface area contributed by atoms with E-state index in [1.165, 1.54) is 34.4 Å². The second-order valence-electron chi connectivity index (χ2n) is 4.30. The van der Waals surface area contributed by atoms with Crippen molar-refractivity contribution in [3.8, 4) is 0 Å². The maximum absolute atomic E-state index is 3.55. The van der Waals surface area contributed by atoms with Gasteiger partial charge in [-0.3, -0.25) is 0 Å². The Morgan fingerprint density at radius 2 is 2.38 bits per heavy atom. The highest BCUT2D eigenvalue weighted by atomic mass is 79.9. The summed E-state index contributed by atoms with van der Waals surface area (Å²) in [6.07, 6.45) is 2.71. The lowest BCUT2D eigenvalue weighted by molar-refractivity contribution is 0.384. The van der Waals surface area contributed by atoms with E-state index in [1.54, 1.807) is 0 Å². The predicted octanol–water partition coefficient (Wildman–Crippen LogP) is 3.85. The molecule has 1 fully saturated rings. The zero-order valence-electron chi connectivity index (χ0n) is 9.58. The fourth-order valence-corrected chi connectivity index (χ4v) is 4.02. The number of rotatable bonds is 3. The Kier molecular flexibility index (Phi) is 4.74. The van der Waals surface area contributed by atoms with E-state index >= 15 is 0 Å². The van der Waals surface area contributed by atoms with Crippen LogP contribution < -0.4 is 5.32 Å². The molecule has 0 bridgehead atoms. The third-order valence-electron chi connectivity index (χ3n) is 3.19. The third-order valence-corrected chi connectivity index (χ3v) is 4.92. The molecule has 3 heteroatoms. The van der Waals surface area contributed by atoms with Crippen molar-refractivity contribution in [2.45, 2.75) is 18.9 Å². The van der Waals surface area contributed by atoms with Crippen LogP contribution in [0.1, 0.15) is 24.4 Å². The first-order chi connectivity index (χ1) is 7.81. The van der Waals surface area contributed by atoms with Gasteiger partial charge in [0.1, 0.15) is 0 Å². The van der Waals surface area contributed by atoms with Gasteiger partial charge in [-0.1, -0.05) is 28.1 Å². The molecule has 1 aromatic rings. The lowest BCUT2D eigenvalue weighted by atomic mass is 9.91. The van der Waals surface area contributed by atoms with Gasteiger partial charge in [-0.2, -0.15) is 11.8 Å². The fraction of sp³-hybridized carbons (Fsp3) is 0.538. The summed E-state index contributed by atoms with van der Waals surface area (Å²) in [5, 5.41) is 3.48. The van der Waals surface area contributed by atoms with Crippen molar-refractivity contribution in [3.05, 3.63) is 34.3 Å². The summed E-state index contributed by atoms with van der Waals surface area (Å²) >= 11 is 5.64. The average Bonchev–Trinajstić information content (AvgIpc) is 2.31. The van der Waals surface area contributed by atoms with Crippen molar-refractivity contribution >= 4 is 27.7 Å². The molecule has 1 heterocycles. The molecular weight excluding hydrogens is 282 g/mol. The molecule has 2 unspecified atom stereocenters. The summed E-state index contributed by atoms with van der Waals surface area (Å²) in [5.74, 6) is 3.40. The molecule has 2 atom stereocenters. The van der Waals surface area contributed by atoms with Gasteiger partial charge in [-0.05, 0) is 55.0 Å². The van der Waals surface area contributed by atoms with Crippen molar-refractivity contribution in [2.75, 3.05) is 18.6 Å². The minimum absolute atomic E-state index is 0.505. The van der Waals surface area contributed by atoms with Gasteiger partial charge in [0, 0.05) is 10.5 Å². The van der Waals surface area contributed by atoms with Crippen molar-refractivity contribution in [2.24, 2.45) is 5.92 Å². The summed E-state index contributed by atoms with van der Waals surface area (Å²) in [5.41, 5.74) is 1.41. The molecule has 1 aliphatic heterocycles. The summed E-state index contributed by atoms with van der Waals surface area (Å²) in [7, 11) is 2.07. The number of benzene rings is 1. The largest absolute Gasteiger partial charge is 0.313 e. The number of hydrogen-bond donors (Lipinski definition) is 1. The molecule has 1 saturated heterocycles. The van der Waals surface area contributed by atoms with Gasteiger partial charge in [-0.25, -0.2) is 0 Å². The van der Waals surface area contributed by atoms with Gasteiger partial charge in [0.05, 0.1) is 0 Å². The van der Waals surface area contributed by atoms with Crippen LogP contribution in [0.15, 0.2) is 28.7 Å². The second kappa shape index (κ2) is 6.08. The molecule has 1 N–H and O–H groups in total. The van der Waals surface area contributed by atoms with Crippen LogP contribution in [0, 0.1) is 5.92 Å². The summed E-state index contributed by atoms with van der Waals surface area (Å²) in [4.78, 5) is 0. The van der Waals surface area contributed by atoms with Gasteiger partial charge in [-0.15, -0.1) is 0 Å². The Hall–Kier alpha value is 0.01000. The standard InChI is InChI=1S/C13H18BrNS/c1-15-13(11-5-3-7-16-9-11)10-4-2-6-12(14)8-10/h2,4,6,8,11,13,15H,3,5,7,9H2,1H3. The maximum atomic E-state index is 3.55. The first-order valence-corrected chi connectivity index (χ1v) is 7.76. The van der Waals surface area contributed by atoms with E-state index in [0.717, 1.165) is 5.92 Å². The zero-order valence-corrected chi connectivity index (χ0v) is 12.0. The van der Waals surface area contributed by atoms with E-state index in [0.29, 0.717) is 6.04 Å². The summed E-state index contributed by atoms with van der Waals surface area (Å²) < 4.78 is 1.17. The Morgan fingerprint density at radius 3 is 3.00 bits per heavy atom. The summed E-state index contributed by atoms with van der Waals surface area (Å²) in [6.45, 7) is 0. The van der Waals surface area contributed by atoms with E-state index < -0.39 is 0 Å². The van der Waals surface area contributed by atoms with Crippen LogP contribution in [-0.2, 0) is 0 Å². The van der Waals surface area contributed by atoms with Crippen molar-refractivity contribution in [1.82, 2.24) is 5.32 Å². The smallest absolute Gasteiger partial charge is 0.0354 e. The molecule has 0 aromatic heterocycles. The van der Waals surface area contributed by atoms with E-state index in [9.17, 15) is 0 Å². The highest BCUT2D eigenvalue weighted by molar-refractivity contribution is 9.10. The molecule has 0 saturated carbocycles.